The van der Waals surface area contributed by atoms with Gasteiger partial charge in [-0.25, -0.2) is 19.3 Å². The molecular weight excluding hydrogens is 484 g/mol. The lowest BCUT2D eigenvalue weighted by Crippen LogP contribution is -2.35. The molecule has 4 rings (SSSR count). The number of carbonyl (C=O) groups excluding carboxylic acids is 2. The van der Waals surface area contributed by atoms with Crippen molar-refractivity contribution >= 4 is 17.6 Å². The number of nitrogens with one attached hydrogen (secondary N) is 1. The molecule has 0 unspecified atom stereocenters. The number of aromatic nitrogens is 4. The number of aryl methyl sites for hydroxylation is 1. The molecule has 2 heterocycles. The maximum atomic E-state index is 12.6. The minimum Gasteiger partial charge on any atom is -0.444 e. The van der Waals surface area contributed by atoms with E-state index in [0.717, 1.165) is 5.56 Å². The van der Waals surface area contributed by atoms with E-state index in [1.807, 2.05) is 30.3 Å². The number of amides is 1. The van der Waals surface area contributed by atoms with Crippen LogP contribution in [0.3, 0.4) is 0 Å². The van der Waals surface area contributed by atoms with Gasteiger partial charge >= 0.3 is 6.09 Å². The van der Waals surface area contributed by atoms with E-state index in [-0.39, 0.29) is 17.9 Å². The molecule has 4 aromatic rings. The summed E-state index contributed by atoms with van der Waals surface area (Å²) in [6.45, 7) is 14.1. The third-order valence-corrected chi connectivity index (χ3v) is 5.11. The Balaban J connectivity index is 1.58. The molecule has 0 saturated carbocycles. The summed E-state index contributed by atoms with van der Waals surface area (Å²) in [4.78, 5) is 36.9. The highest BCUT2D eigenvalue weighted by atomic mass is 16.6. The van der Waals surface area contributed by atoms with Crippen LogP contribution in [0.5, 0.6) is 11.6 Å². The molecule has 38 heavy (non-hydrogen) atoms. The molecule has 0 spiro atoms. The SMILES string of the molecule is [C-]#[N+]c1ccc(-n2cc(C(=O)CNC(=O)OC(C)(C)C)cn2)c(Oc2cc(-c3ccccc3)nc(C)n2)c1. The fraction of sp³-hybridized carbons (Fsp3) is 0.214. The van der Waals surface area contributed by atoms with Crippen molar-refractivity contribution in [1.29, 1.82) is 0 Å². The Hall–Kier alpha value is -5.04. The van der Waals surface area contributed by atoms with E-state index in [9.17, 15) is 9.59 Å². The van der Waals surface area contributed by atoms with Gasteiger partial charge in [-0.05, 0) is 39.8 Å². The van der Waals surface area contributed by atoms with Crippen molar-refractivity contribution in [3.8, 4) is 28.6 Å². The van der Waals surface area contributed by atoms with Crippen LogP contribution in [-0.4, -0.2) is 43.8 Å². The van der Waals surface area contributed by atoms with E-state index in [1.54, 1.807) is 52.0 Å². The molecule has 2 aromatic heterocycles. The molecule has 0 radical (unpaired) electrons. The molecule has 192 valence electrons. The number of benzene rings is 2. The summed E-state index contributed by atoms with van der Waals surface area (Å²) in [5, 5.41) is 6.75. The van der Waals surface area contributed by atoms with Gasteiger partial charge in [0, 0.05) is 17.8 Å². The summed E-state index contributed by atoms with van der Waals surface area (Å²) in [6, 6.07) is 16.2. The van der Waals surface area contributed by atoms with E-state index in [4.69, 9.17) is 16.0 Å². The molecule has 0 saturated heterocycles. The summed E-state index contributed by atoms with van der Waals surface area (Å²) < 4.78 is 12.8. The zero-order chi connectivity index (χ0) is 27.3. The summed E-state index contributed by atoms with van der Waals surface area (Å²) in [6.07, 6.45) is 2.24. The second-order valence-electron chi connectivity index (χ2n) is 9.32. The fourth-order valence-electron chi connectivity index (χ4n) is 3.47. The number of nitrogens with zero attached hydrogens (tertiary/aromatic N) is 5. The quantitative estimate of drug-likeness (QED) is 0.251. The fourth-order valence-corrected chi connectivity index (χ4v) is 3.47. The number of hydrogen-bond donors (Lipinski definition) is 1. The molecule has 0 bridgehead atoms. The molecule has 1 N–H and O–H groups in total. The summed E-state index contributed by atoms with van der Waals surface area (Å²) in [5.74, 6) is 0.796. The minimum absolute atomic E-state index is 0.247. The topological polar surface area (TPSA) is 113 Å². The van der Waals surface area contributed by atoms with Crippen molar-refractivity contribution in [2.24, 2.45) is 0 Å². The molecule has 10 nitrogen and oxygen atoms in total. The number of rotatable bonds is 7. The first-order valence-electron chi connectivity index (χ1n) is 11.8. The van der Waals surface area contributed by atoms with Gasteiger partial charge in [0.1, 0.15) is 22.9 Å². The van der Waals surface area contributed by atoms with E-state index in [2.05, 4.69) is 25.2 Å². The van der Waals surface area contributed by atoms with E-state index >= 15 is 0 Å². The van der Waals surface area contributed by atoms with Crippen molar-refractivity contribution in [2.75, 3.05) is 6.54 Å². The van der Waals surface area contributed by atoms with Crippen molar-refractivity contribution < 1.29 is 19.1 Å². The van der Waals surface area contributed by atoms with Crippen molar-refractivity contribution in [3.63, 3.8) is 0 Å². The molecule has 0 atom stereocenters. The van der Waals surface area contributed by atoms with Gasteiger partial charge < -0.3 is 14.8 Å². The Morgan fingerprint density at radius 3 is 2.55 bits per heavy atom. The van der Waals surface area contributed by atoms with Crippen LogP contribution in [-0.2, 0) is 4.74 Å². The van der Waals surface area contributed by atoms with Crippen LogP contribution in [0.4, 0.5) is 10.5 Å². The zero-order valence-corrected chi connectivity index (χ0v) is 21.4. The predicted octanol–water partition coefficient (Wildman–Crippen LogP) is 5.69. The van der Waals surface area contributed by atoms with Gasteiger partial charge in [-0.15, -0.1) is 0 Å². The monoisotopic (exact) mass is 510 g/mol. The maximum Gasteiger partial charge on any atom is 0.408 e. The van der Waals surface area contributed by atoms with Gasteiger partial charge in [0.2, 0.25) is 5.88 Å². The standard InChI is InChI=1S/C28H26N6O4/c1-18-32-22(19-9-7-6-8-10-19)14-26(33-18)37-25-13-21(29-5)11-12-23(25)34-17-20(15-31-34)24(35)16-30-27(36)38-28(2,3)4/h6-15,17H,16H2,1-4H3,(H,30,36). The number of ether oxygens (including phenoxy) is 2. The highest BCUT2D eigenvalue weighted by Gasteiger charge is 2.19. The summed E-state index contributed by atoms with van der Waals surface area (Å²) in [7, 11) is 0. The lowest BCUT2D eigenvalue weighted by Gasteiger charge is -2.19. The predicted molar refractivity (Wildman–Crippen MR) is 141 cm³/mol. The Morgan fingerprint density at radius 1 is 1.08 bits per heavy atom. The third-order valence-electron chi connectivity index (χ3n) is 5.11. The number of ketones is 1. The molecule has 0 aliphatic carbocycles. The Morgan fingerprint density at radius 2 is 1.84 bits per heavy atom. The highest BCUT2D eigenvalue weighted by Crippen LogP contribution is 2.33. The van der Waals surface area contributed by atoms with Gasteiger partial charge in [-0.3, -0.25) is 4.79 Å². The first-order chi connectivity index (χ1) is 18.1. The van der Waals surface area contributed by atoms with Crippen molar-refractivity contribution in [2.45, 2.75) is 33.3 Å². The first-order valence-corrected chi connectivity index (χ1v) is 11.8. The largest absolute Gasteiger partial charge is 0.444 e. The Kier molecular flexibility index (Phi) is 7.48. The highest BCUT2D eigenvalue weighted by molar-refractivity contribution is 5.98. The normalized spacial score (nSPS) is 10.9. The average molecular weight is 511 g/mol. The van der Waals surface area contributed by atoms with Gasteiger partial charge in [0.25, 0.3) is 0 Å². The second kappa shape index (κ2) is 10.9. The van der Waals surface area contributed by atoms with Gasteiger partial charge in [-0.1, -0.05) is 36.4 Å². The van der Waals surface area contributed by atoms with Crippen LogP contribution in [0, 0.1) is 13.5 Å². The number of alkyl carbamates (subject to hydrolysis) is 1. The molecular formula is C28H26N6O4. The van der Waals surface area contributed by atoms with Gasteiger partial charge in [0.05, 0.1) is 30.6 Å². The van der Waals surface area contributed by atoms with Crippen molar-refractivity contribution in [1.82, 2.24) is 25.1 Å². The number of hydrogen-bond acceptors (Lipinski definition) is 7. The van der Waals surface area contributed by atoms with Crippen LogP contribution in [0.2, 0.25) is 0 Å². The molecule has 2 aromatic carbocycles. The lowest BCUT2D eigenvalue weighted by atomic mass is 10.1. The van der Waals surface area contributed by atoms with E-state index in [1.165, 1.54) is 17.1 Å². The van der Waals surface area contributed by atoms with Crippen LogP contribution in [0.25, 0.3) is 21.8 Å². The Bertz CT molecular complexity index is 1520. The smallest absolute Gasteiger partial charge is 0.408 e. The number of carbonyl (C=O) groups is 2. The lowest BCUT2D eigenvalue weighted by molar-refractivity contribution is 0.0520. The molecule has 0 fully saturated rings. The molecule has 1 amide bonds. The molecule has 0 aliphatic rings. The summed E-state index contributed by atoms with van der Waals surface area (Å²) in [5.41, 5.74) is 2.08. The average Bonchev–Trinajstić information content (AvgIpc) is 3.36. The van der Waals surface area contributed by atoms with Crippen LogP contribution < -0.4 is 10.1 Å². The van der Waals surface area contributed by atoms with Gasteiger partial charge in [-0.2, -0.15) is 10.1 Å². The third kappa shape index (κ3) is 6.59. The first kappa shape index (κ1) is 26.0. The van der Waals surface area contributed by atoms with E-state index < -0.39 is 11.7 Å². The van der Waals surface area contributed by atoms with Crippen LogP contribution in [0.1, 0.15) is 37.0 Å². The summed E-state index contributed by atoms with van der Waals surface area (Å²) >= 11 is 0. The number of Topliss-reactive ketones (excluding diaryl/α,β-unsaturated/α-hetero) is 1. The minimum atomic E-state index is -0.682. The Labute approximate surface area is 220 Å². The van der Waals surface area contributed by atoms with E-state index in [0.29, 0.717) is 34.5 Å². The molecule has 0 aliphatic heterocycles. The second-order valence-corrected chi connectivity index (χ2v) is 9.32. The molecule has 10 heteroatoms. The van der Waals surface area contributed by atoms with Crippen LogP contribution >= 0.6 is 0 Å². The van der Waals surface area contributed by atoms with Gasteiger partial charge in [0.15, 0.2) is 11.5 Å². The zero-order valence-electron chi connectivity index (χ0n) is 21.4. The van der Waals surface area contributed by atoms with Crippen LogP contribution in [0.15, 0.2) is 67.0 Å². The maximum absolute atomic E-state index is 12.6. The van der Waals surface area contributed by atoms with Crippen molar-refractivity contribution in [3.05, 3.63) is 89.8 Å².